The number of urea groups is 1. The van der Waals surface area contributed by atoms with Crippen molar-refractivity contribution in [2.45, 2.75) is 19.1 Å². The minimum atomic E-state index is -0.277. The third-order valence-corrected chi connectivity index (χ3v) is 4.28. The molecular weight excluding hydrogens is 332 g/mol. The van der Waals surface area contributed by atoms with Crippen LogP contribution in [0.3, 0.4) is 0 Å². The average Bonchev–Trinajstić information content (AvgIpc) is 3.09. The molecule has 1 aliphatic heterocycles. The van der Waals surface area contributed by atoms with Gasteiger partial charge in [-0.15, -0.1) is 0 Å². The minimum absolute atomic E-state index is 0.112. The first-order valence-electron chi connectivity index (χ1n) is 8.71. The van der Waals surface area contributed by atoms with Gasteiger partial charge in [0.2, 0.25) is 0 Å². The van der Waals surface area contributed by atoms with Crippen LogP contribution in [0, 0.1) is 0 Å². The van der Waals surface area contributed by atoms with E-state index in [2.05, 4.69) is 10.6 Å². The van der Waals surface area contributed by atoms with E-state index in [1.165, 1.54) is 0 Å². The third-order valence-electron chi connectivity index (χ3n) is 4.28. The van der Waals surface area contributed by atoms with Crippen LogP contribution in [0.25, 0.3) is 11.1 Å². The Hall–Kier alpha value is -2.57. The topological polar surface area (TPSA) is 68.8 Å². The van der Waals surface area contributed by atoms with Crippen molar-refractivity contribution in [2.24, 2.45) is 0 Å². The van der Waals surface area contributed by atoms with E-state index in [0.717, 1.165) is 22.6 Å². The Morgan fingerprint density at radius 3 is 2.85 bits per heavy atom. The van der Waals surface area contributed by atoms with Crippen LogP contribution in [0.5, 0.6) is 5.75 Å². The number of benzene rings is 2. The zero-order valence-electron chi connectivity index (χ0n) is 15.0. The maximum absolute atomic E-state index is 12.5. The van der Waals surface area contributed by atoms with Crippen LogP contribution < -0.4 is 15.4 Å². The lowest BCUT2D eigenvalue weighted by atomic mass is 10.0. The predicted octanol–water partition coefficient (Wildman–Crippen LogP) is 3.29. The molecule has 2 N–H and O–H groups in total. The van der Waals surface area contributed by atoms with Crippen LogP contribution >= 0.6 is 0 Å². The molecule has 0 radical (unpaired) electrons. The maximum atomic E-state index is 12.5. The summed E-state index contributed by atoms with van der Waals surface area (Å²) in [5.74, 6) is 0.768. The molecule has 138 valence electrons. The van der Waals surface area contributed by atoms with Crippen LogP contribution in [0.2, 0.25) is 0 Å². The summed E-state index contributed by atoms with van der Waals surface area (Å²) < 4.78 is 16.3. The van der Waals surface area contributed by atoms with E-state index in [-0.39, 0.29) is 18.2 Å². The molecule has 0 bridgehead atoms. The smallest absolute Gasteiger partial charge is 0.319 e. The molecule has 6 heteroatoms. The molecule has 3 rings (SSSR count). The number of carbonyl (C=O) groups excluding carboxylic acids is 1. The molecule has 1 aliphatic rings. The Labute approximate surface area is 153 Å². The fourth-order valence-corrected chi connectivity index (χ4v) is 3.01. The molecule has 2 aromatic carbocycles. The highest BCUT2D eigenvalue weighted by Crippen LogP contribution is 2.30. The largest absolute Gasteiger partial charge is 0.497 e. The average molecular weight is 356 g/mol. The van der Waals surface area contributed by atoms with Crippen LogP contribution in [0.15, 0.2) is 48.5 Å². The predicted molar refractivity (Wildman–Crippen MR) is 101 cm³/mol. The van der Waals surface area contributed by atoms with Crippen LogP contribution in [0.4, 0.5) is 10.5 Å². The first kappa shape index (κ1) is 18.2. The van der Waals surface area contributed by atoms with E-state index in [0.29, 0.717) is 19.8 Å². The van der Waals surface area contributed by atoms with Crippen LogP contribution in [0.1, 0.15) is 6.92 Å². The number of amides is 2. The number of carbonyl (C=O) groups is 1. The molecule has 1 saturated heterocycles. The molecule has 2 amide bonds. The van der Waals surface area contributed by atoms with Gasteiger partial charge in [-0.1, -0.05) is 30.3 Å². The number of hydrogen-bond donors (Lipinski definition) is 2. The lowest BCUT2D eigenvalue weighted by Crippen LogP contribution is -2.45. The highest BCUT2D eigenvalue weighted by atomic mass is 16.5. The monoisotopic (exact) mass is 356 g/mol. The van der Waals surface area contributed by atoms with E-state index in [1.807, 2.05) is 55.5 Å². The first-order chi connectivity index (χ1) is 12.7. The van der Waals surface area contributed by atoms with Gasteiger partial charge in [0.25, 0.3) is 0 Å². The molecular formula is C20H24N2O4. The molecule has 0 aromatic heterocycles. The van der Waals surface area contributed by atoms with Crippen molar-refractivity contribution >= 4 is 11.7 Å². The SMILES string of the molecule is CCO[C@@H]1COC[C@H]1NC(=O)Nc1ccccc1-c1cccc(OC)c1. The van der Waals surface area contributed by atoms with Gasteiger partial charge in [-0.3, -0.25) is 0 Å². The first-order valence-corrected chi connectivity index (χ1v) is 8.71. The number of nitrogens with one attached hydrogen (secondary N) is 2. The summed E-state index contributed by atoms with van der Waals surface area (Å²) in [6.45, 7) is 3.47. The number of methoxy groups -OCH3 is 1. The number of hydrogen-bond acceptors (Lipinski definition) is 4. The Morgan fingerprint density at radius 2 is 2.04 bits per heavy atom. The number of rotatable bonds is 6. The van der Waals surface area contributed by atoms with E-state index in [9.17, 15) is 4.79 Å². The fraction of sp³-hybridized carbons (Fsp3) is 0.350. The van der Waals surface area contributed by atoms with E-state index in [1.54, 1.807) is 7.11 Å². The molecule has 0 unspecified atom stereocenters. The molecule has 0 aliphatic carbocycles. The number of anilines is 1. The molecule has 2 aromatic rings. The van der Waals surface area contributed by atoms with Crippen molar-refractivity contribution in [3.05, 3.63) is 48.5 Å². The normalized spacial score (nSPS) is 19.2. The van der Waals surface area contributed by atoms with Gasteiger partial charge in [-0.25, -0.2) is 4.79 Å². The quantitative estimate of drug-likeness (QED) is 0.833. The lowest BCUT2D eigenvalue weighted by molar-refractivity contribution is 0.0428. The molecule has 0 saturated carbocycles. The van der Waals surface area contributed by atoms with Crippen molar-refractivity contribution in [3.63, 3.8) is 0 Å². The van der Waals surface area contributed by atoms with Crippen molar-refractivity contribution in [3.8, 4) is 16.9 Å². The molecule has 1 fully saturated rings. The standard InChI is InChI=1S/C20H24N2O4/c1-3-26-19-13-25-12-18(19)22-20(23)21-17-10-5-4-9-16(17)14-7-6-8-15(11-14)24-2/h4-11,18-19H,3,12-13H2,1-2H3,(H2,21,22,23)/t18-,19-/m1/s1. The molecule has 1 heterocycles. The Balaban J connectivity index is 1.73. The maximum Gasteiger partial charge on any atom is 0.319 e. The van der Waals surface area contributed by atoms with Gasteiger partial charge >= 0.3 is 6.03 Å². The second kappa shape index (κ2) is 8.69. The fourth-order valence-electron chi connectivity index (χ4n) is 3.01. The van der Waals surface area contributed by atoms with Crippen molar-refractivity contribution in [1.29, 1.82) is 0 Å². The summed E-state index contributed by atoms with van der Waals surface area (Å²) >= 11 is 0. The summed E-state index contributed by atoms with van der Waals surface area (Å²) in [6.07, 6.45) is -0.112. The van der Waals surface area contributed by atoms with Crippen molar-refractivity contribution in [1.82, 2.24) is 5.32 Å². The Kier molecular flexibility index (Phi) is 6.09. The van der Waals surface area contributed by atoms with E-state index >= 15 is 0 Å². The zero-order valence-corrected chi connectivity index (χ0v) is 15.0. The van der Waals surface area contributed by atoms with Gasteiger partial charge in [0.05, 0.1) is 32.1 Å². The highest BCUT2D eigenvalue weighted by Gasteiger charge is 2.30. The number of ether oxygens (including phenoxy) is 3. The zero-order chi connectivity index (χ0) is 18.4. The van der Waals surface area contributed by atoms with Crippen molar-refractivity contribution < 1.29 is 19.0 Å². The molecule has 26 heavy (non-hydrogen) atoms. The van der Waals surface area contributed by atoms with Gasteiger partial charge in [0.1, 0.15) is 11.9 Å². The number of para-hydroxylation sites is 1. The van der Waals surface area contributed by atoms with Gasteiger partial charge in [0.15, 0.2) is 0 Å². The second-order valence-corrected chi connectivity index (χ2v) is 6.01. The summed E-state index contributed by atoms with van der Waals surface area (Å²) in [4.78, 5) is 12.5. The van der Waals surface area contributed by atoms with E-state index < -0.39 is 0 Å². The van der Waals surface area contributed by atoms with Gasteiger partial charge in [-0.2, -0.15) is 0 Å². The minimum Gasteiger partial charge on any atom is -0.497 e. The molecule has 0 spiro atoms. The summed E-state index contributed by atoms with van der Waals surface area (Å²) in [5.41, 5.74) is 2.62. The third kappa shape index (κ3) is 4.33. The van der Waals surface area contributed by atoms with Crippen LogP contribution in [-0.4, -0.2) is 45.1 Å². The summed E-state index contributed by atoms with van der Waals surface area (Å²) in [7, 11) is 1.63. The second-order valence-electron chi connectivity index (χ2n) is 6.01. The van der Waals surface area contributed by atoms with E-state index in [4.69, 9.17) is 14.2 Å². The molecule has 6 nitrogen and oxygen atoms in total. The van der Waals surface area contributed by atoms with Crippen LogP contribution in [-0.2, 0) is 9.47 Å². The highest BCUT2D eigenvalue weighted by molar-refractivity contribution is 5.94. The molecule has 2 atom stereocenters. The van der Waals surface area contributed by atoms with Gasteiger partial charge < -0.3 is 24.8 Å². The Morgan fingerprint density at radius 1 is 1.19 bits per heavy atom. The summed E-state index contributed by atoms with van der Waals surface area (Å²) in [5, 5.41) is 5.87. The Bertz CT molecular complexity index is 750. The van der Waals surface area contributed by atoms with Crippen molar-refractivity contribution in [2.75, 3.05) is 32.2 Å². The summed E-state index contributed by atoms with van der Waals surface area (Å²) in [6, 6.07) is 15.0. The van der Waals surface area contributed by atoms with Gasteiger partial charge in [0, 0.05) is 12.2 Å². The van der Waals surface area contributed by atoms with Gasteiger partial charge in [-0.05, 0) is 30.7 Å². The lowest BCUT2D eigenvalue weighted by Gasteiger charge is -2.20.